The van der Waals surface area contributed by atoms with Gasteiger partial charge in [0.25, 0.3) is 0 Å². The molecule has 0 aromatic heterocycles. The molecule has 2 N–H and O–H groups in total. The predicted molar refractivity (Wildman–Crippen MR) is 126 cm³/mol. The van der Waals surface area contributed by atoms with Gasteiger partial charge >= 0.3 is 0 Å². The first-order valence-corrected chi connectivity index (χ1v) is 11.3. The zero-order valence-electron chi connectivity index (χ0n) is 18.6. The van der Waals surface area contributed by atoms with Gasteiger partial charge in [0.1, 0.15) is 11.5 Å². The van der Waals surface area contributed by atoms with Crippen LogP contribution in [-0.4, -0.2) is 46.4 Å². The summed E-state index contributed by atoms with van der Waals surface area (Å²) in [5.74, 6) is 4.05. The maximum Gasteiger partial charge on any atom is 0.191 e. The first-order chi connectivity index (χ1) is 15.3. The number of hydrogen-bond acceptors (Lipinski definition) is 4. The molecule has 0 bridgehead atoms. The van der Waals surface area contributed by atoms with Crippen molar-refractivity contribution in [1.29, 1.82) is 0 Å². The fourth-order valence-corrected chi connectivity index (χ4v) is 4.03. The maximum atomic E-state index is 6.02. The van der Waals surface area contributed by atoms with Crippen molar-refractivity contribution in [2.45, 2.75) is 25.8 Å². The van der Waals surface area contributed by atoms with Crippen molar-refractivity contribution in [3.63, 3.8) is 0 Å². The van der Waals surface area contributed by atoms with Crippen LogP contribution in [-0.2, 0) is 6.54 Å². The smallest absolute Gasteiger partial charge is 0.191 e. The number of para-hydroxylation sites is 3. The standard InChI is InChI=1S/C25H34N4O2/c1-26-25(28-16-21-7-3-5-9-23(21)31-18-19-11-12-19)27-15-20-13-14-29(17-20)22-8-4-6-10-24(22)30-2/h3-10,19-20H,11-18H2,1-2H3,(H2,26,27,28). The molecular formula is C25H34N4O2. The molecule has 1 atom stereocenters. The maximum absolute atomic E-state index is 6.02. The fraction of sp³-hybridized carbons (Fsp3) is 0.480. The molecule has 0 amide bonds. The molecule has 6 heteroatoms. The average Bonchev–Trinajstić information content (AvgIpc) is 3.53. The number of ether oxygens (including phenoxy) is 2. The van der Waals surface area contributed by atoms with E-state index in [2.05, 4.69) is 50.9 Å². The summed E-state index contributed by atoms with van der Waals surface area (Å²) in [6.07, 6.45) is 3.75. The summed E-state index contributed by atoms with van der Waals surface area (Å²) < 4.78 is 11.6. The van der Waals surface area contributed by atoms with E-state index >= 15 is 0 Å². The number of methoxy groups -OCH3 is 1. The summed E-state index contributed by atoms with van der Waals surface area (Å²) in [5, 5.41) is 6.94. The Hall–Kier alpha value is -2.89. The number of guanidine groups is 1. The molecule has 2 aliphatic rings. The number of nitrogens with one attached hydrogen (secondary N) is 2. The molecule has 4 rings (SSSR count). The van der Waals surface area contributed by atoms with Crippen molar-refractivity contribution >= 4 is 11.6 Å². The van der Waals surface area contributed by atoms with E-state index in [1.165, 1.54) is 18.5 Å². The van der Waals surface area contributed by atoms with Crippen LogP contribution in [0.3, 0.4) is 0 Å². The Bertz CT molecular complexity index is 881. The van der Waals surface area contributed by atoms with E-state index in [-0.39, 0.29) is 0 Å². The second kappa shape index (κ2) is 10.4. The molecule has 1 saturated carbocycles. The van der Waals surface area contributed by atoms with Crippen LogP contribution in [0, 0.1) is 11.8 Å². The average molecular weight is 423 g/mol. The normalized spacial score (nSPS) is 18.7. The van der Waals surface area contributed by atoms with Gasteiger partial charge in [-0.15, -0.1) is 0 Å². The van der Waals surface area contributed by atoms with E-state index in [0.717, 1.165) is 61.6 Å². The van der Waals surface area contributed by atoms with Gasteiger partial charge in [0.05, 0.1) is 19.4 Å². The Morgan fingerprint density at radius 3 is 2.55 bits per heavy atom. The third kappa shape index (κ3) is 5.84. The molecule has 166 valence electrons. The summed E-state index contributed by atoms with van der Waals surface area (Å²) >= 11 is 0. The van der Waals surface area contributed by atoms with E-state index in [4.69, 9.17) is 9.47 Å². The van der Waals surface area contributed by atoms with Crippen LogP contribution in [0.4, 0.5) is 5.69 Å². The van der Waals surface area contributed by atoms with E-state index < -0.39 is 0 Å². The minimum absolute atomic E-state index is 0.567. The van der Waals surface area contributed by atoms with Gasteiger partial charge in [-0.05, 0) is 49.3 Å². The lowest BCUT2D eigenvalue weighted by Crippen LogP contribution is -2.40. The first kappa shape index (κ1) is 21.3. The molecule has 0 radical (unpaired) electrons. The topological polar surface area (TPSA) is 58.1 Å². The molecular weight excluding hydrogens is 388 g/mol. The third-order valence-corrected chi connectivity index (χ3v) is 6.08. The van der Waals surface area contributed by atoms with Crippen molar-refractivity contribution in [1.82, 2.24) is 10.6 Å². The van der Waals surface area contributed by atoms with Crippen molar-refractivity contribution in [2.75, 3.05) is 45.3 Å². The van der Waals surface area contributed by atoms with Crippen LogP contribution in [0.2, 0.25) is 0 Å². The number of hydrogen-bond donors (Lipinski definition) is 2. The second-order valence-electron chi connectivity index (χ2n) is 8.44. The molecule has 31 heavy (non-hydrogen) atoms. The number of anilines is 1. The molecule has 6 nitrogen and oxygen atoms in total. The van der Waals surface area contributed by atoms with Crippen molar-refractivity contribution in [3.8, 4) is 11.5 Å². The molecule has 1 unspecified atom stereocenters. The lowest BCUT2D eigenvalue weighted by Gasteiger charge is -2.21. The minimum Gasteiger partial charge on any atom is -0.495 e. The van der Waals surface area contributed by atoms with Crippen LogP contribution in [0.1, 0.15) is 24.8 Å². The van der Waals surface area contributed by atoms with E-state index in [1.807, 2.05) is 25.2 Å². The Morgan fingerprint density at radius 2 is 1.77 bits per heavy atom. The number of nitrogens with zero attached hydrogens (tertiary/aromatic N) is 2. The minimum atomic E-state index is 0.567. The third-order valence-electron chi connectivity index (χ3n) is 6.08. The first-order valence-electron chi connectivity index (χ1n) is 11.3. The number of rotatable bonds is 9. The van der Waals surface area contributed by atoms with Gasteiger partial charge < -0.3 is 25.0 Å². The highest BCUT2D eigenvalue weighted by Gasteiger charge is 2.25. The number of aliphatic imine (C=N–C) groups is 1. The van der Waals surface area contributed by atoms with Gasteiger partial charge in [0.2, 0.25) is 0 Å². The fourth-order valence-electron chi connectivity index (χ4n) is 4.03. The lowest BCUT2D eigenvalue weighted by molar-refractivity contribution is 0.296. The monoisotopic (exact) mass is 422 g/mol. The SMILES string of the molecule is CN=C(NCc1ccccc1OCC1CC1)NCC1CCN(c2ccccc2OC)C1. The van der Waals surface area contributed by atoms with Crippen LogP contribution in [0.15, 0.2) is 53.5 Å². The van der Waals surface area contributed by atoms with Gasteiger partial charge in [-0.3, -0.25) is 4.99 Å². The molecule has 1 aliphatic heterocycles. The van der Waals surface area contributed by atoms with Gasteiger partial charge in [-0.25, -0.2) is 0 Å². The van der Waals surface area contributed by atoms with Crippen molar-refractivity contribution in [2.24, 2.45) is 16.8 Å². The molecule has 0 spiro atoms. The van der Waals surface area contributed by atoms with Crippen LogP contribution in [0.5, 0.6) is 11.5 Å². The van der Waals surface area contributed by atoms with E-state index in [0.29, 0.717) is 12.5 Å². The summed E-state index contributed by atoms with van der Waals surface area (Å²) in [7, 11) is 3.55. The van der Waals surface area contributed by atoms with Crippen LogP contribution >= 0.6 is 0 Å². The summed E-state index contributed by atoms with van der Waals surface area (Å²) in [4.78, 5) is 6.81. The molecule has 2 aromatic carbocycles. The second-order valence-corrected chi connectivity index (χ2v) is 8.44. The van der Waals surface area contributed by atoms with Gasteiger partial charge in [-0.1, -0.05) is 30.3 Å². The highest BCUT2D eigenvalue weighted by Crippen LogP contribution is 2.32. The summed E-state index contributed by atoms with van der Waals surface area (Å²) in [6, 6.07) is 16.5. The van der Waals surface area contributed by atoms with Crippen molar-refractivity contribution < 1.29 is 9.47 Å². The van der Waals surface area contributed by atoms with E-state index in [9.17, 15) is 0 Å². The van der Waals surface area contributed by atoms with Gasteiger partial charge in [0.15, 0.2) is 5.96 Å². The molecule has 1 saturated heterocycles. The zero-order valence-corrected chi connectivity index (χ0v) is 18.6. The molecule has 2 fully saturated rings. The van der Waals surface area contributed by atoms with Crippen molar-refractivity contribution in [3.05, 3.63) is 54.1 Å². The summed E-state index contributed by atoms with van der Waals surface area (Å²) in [6.45, 7) is 4.48. The Labute approximate surface area is 185 Å². The highest BCUT2D eigenvalue weighted by molar-refractivity contribution is 5.79. The largest absolute Gasteiger partial charge is 0.495 e. The highest BCUT2D eigenvalue weighted by atomic mass is 16.5. The quantitative estimate of drug-likeness (QED) is 0.477. The zero-order chi connectivity index (χ0) is 21.5. The Balaban J connectivity index is 1.25. The Kier molecular flexibility index (Phi) is 7.18. The molecule has 1 heterocycles. The Morgan fingerprint density at radius 1 is 1.00 bits per heavy atom. The van der Waals surface area contributed by atoms with Crippen LogP contribution < -0.4 is 25.0 Å². The molecule has 1 aliphatic carbocycles. The molecule has 2 aromatic rings. The summed E-state index contributed by atoms with van der Waals surface area (Å²) in [5.41, 5.74) is 2.34. The van der Waals surface area contributed by atoms with Crippen LogP contribution in [0.25, 0.3) is 0 Å². The predicted octanol–water partition coefficient (Wildman–Crippen LogP) is 3.68. The van der Waals surface area contributed by atoms with Gasteiger partial charge in [-0.2, -0.15) is 0 Å². The van der Waals surface area contributed by atoms with Gasteiger partial charge in [0, 0.05) is 38.8 Å². The number of benzene rings is 2. The van der Waals surface area contributed by atoms with E-state index in [1.54, 1.807) is 7.11 Å². The lowest BCUT2D eigenvalue weighted by atomic mass is 10.1.